The van der Waals surface area contributed by atoms with Gasteiger partial charge in [0, 0.05) is 21.9 Å². The Morgan fingerprint density at radius 1 is 0.842 bits per heavy atom. The van der Waals surface area contributed by atoms with Crippen LogP contribution < -0.4 is 9.64 Å². The van der Waals surface area contributed by atoms with E-state index in [2.05, 4.69) is 119 Å². The zero-order valence-corrected chi connectivity index (χ0v) is 23.7. The van der Waals surface area contributed by atoms with Crippen molar-refractivity contribution in [1.29, 1.82) is 0 Å². The minimum atomic E-state index is -0.148. The summed E-state index contributed by atoms with van der Waals surface area (Å²) in [6.45, 7) is 14.1. The van der Waals surface area contributed by atoms with Crippen LogP contribution in [0.1, 0.15) is 74.4 Å². The first-order chi connectivity index (χ1) is 18.3. The number of aryl methyl sites for hydroxylation is 2. The average Bonchev–Trinajstić information content (AvgIpc) is 2.94. The van der Waals surface area contributed by atoms with Crippen molar-refractivity contribution in [3.05, 3.63) is 101 Å². The highest BCUT2D eigenvalue weighted by molar-refractivity contribution is 6.13. The second kappa shape index (κ2) is 8.73. The average molecular weight is 503 g/mol. The first-order valence-corrected chi connectivity index (χ1v) is 13.9. The topological polar surface area (TPSA) is 24.8 Å². The highest BCUT2D eigenvalue weighted by atomic mass is 16.5. The third-order valence-electron chi connectivity index (χ3n) is 9.86. The van der Waals surface area contributed by atoms with Crippen molar-refractivity contribution in [1.82, 2.24) is 0 Å². The van der Waals surface area contributed by atoms with E-state index in [0.717, 1.165) is 30.0 Å². The number of nitrogens with zero attached hydrogens (tertiary/aromatic N) is 2. The van der Waals surface area contributed by atoms with Crippen molar-refractivity contribution >= 4 is 27.9 Å². The fourth-order valence-electron chi connectivity index (χ4n) is 7.48. The van der Waals surface area contributed by atoms with Gasteiger partial charge in [-0.1, -0.05) is 75.4 Å². The quantitative estimate of drug-likeness (QED) is 0.278. The molecule has 0 saturated carbocycles. The Morgan fingerprint density at radius 3 is 2.16 bits per heavy atom. The zero-order valence-electron chi connectivity index (χ0n) is 23.7. The lowest BCUT2D eigenvalue weighted by Crippen LogP contribution is -2.65. The Kier molecular flexibility index (Phi) is 5.68. The van der Waals surface area contributed by atoms with Crippen LogP contribution in [-0.4, -0.2) is 18.4 Å². The molecular weight excluding hydrogens is 464 g/mol. The number of rotatable bonds is 4. The molecule has 4 aromatic carbocycles. The van der Waals surface area contributed by atoms with E-state index in [1.54, 1.807) is 7.11 Å². The van der Waals surface area contributed by atoms with Crippen LogP contribution in [0.25, 0.3) is 10.8 Å². The molecule has 0 saturated heterocycles. The minimum absolute atomic E-state index is 0.0252. The van der Waals surface area contributed by atoms with Gasteiger partial charge in [-0.15, -0.1) is 0 Å². The minimum Gasteiger partial charge on any atom is -0.496 e. The van der Waals surface area contributed by atoms with Crippen molar-refractivity contribution in [3.8, 4) is 5.75 Å². The maximum Gasteiger partial charge on any atom is 0.127 e. The molecule has 0 aliphatic carbocycles. The predicted octanol–water partition coefficient (Wildman–Crippen LogP) is 9.00. The first-order valence-electron chi connectivity index (χ1n) is 13.9. The standard InChI is InChI=1S/C35H38N2O/c1-8-34(5)31-25-18-11-10-17-24(25)29(38-7)21-26(31)33-32(30-22(3)15-14-16-23(30)4)36-27-19-12-13-20-28(27)37(33)35(34,6)9-2/h10-21,33H,8-9H2,1-7H3. The van der Waals surface area contributed by atoms with Crippen LogP contribution in [0.5, 0.6) is 5.75 Å². The highest BCUT2D eigenvalue weighted by Gasteiger charge is 2.57. The Bertz CT molecular complexity index is 1580. The number of aliphatic imine (C=N–C) groups is 1. The SMILES string of the molecule is CCC1(C)c2c(cc(OC)c3ccccc23)C2C(c3c(C)cccc3C)=Nc3ccccc3N2C1(C)CC. The second-order valence-corrected chi connectivity index (χ2v) is 11.4. The molecule has 6 rings (SSSR count). The third kappa shape index (κ3) is 3.11. The van der Waals surface area contributed by atoms with Crippen LogP contribution in [0.3, 0.4) is 0 Å². The lowest BCUT2D eigenvalue weighted by Gasteiger charge is -2.62. The van der Waals surface area contributed by atoms with Gasteiger partial charge in [0.2, 0.25) is 0 Å². The second-order valence-electron chi connectivity index (χ2n) is 11.4. The van der Waals surface area contributed by atoms with Crippen molar-refractivity contribution < 1.29 is 4.74 Å². The van der Waals surface area contributed by atoms with Crippen molar-refractivity contribution in [2.75, 3.05) is 12.0 Å². The molecule has 0 fully saturated rings. The fraction of sp³-hybridized carbons (Fsp3) is 0.343. The first kappa shape index (κ1) is 24.7. The van der Waals surface area contributed by atoms with Crippen LogP contribution in [0, 0.1) is 13.8 Å². The summed E-state index contributed by atoms with van der Waals surface area (Å²) in [4.78, 5) is 8.18. The smallest absolute Gasteiger partial charge is 0.127 e. The maximum absolute atomic E-state index is 6.05. The van der Waals surface area contributed by atoms with Gasteiger partial charge >= 0.3 is 0 Å². The molecule has 0 radical (unpaired) electrons. The fourth-order valence-corrected chi connectivity index (χ4v) is 7.48. The van der Waals surface area contributed by atoms with Crippen molar-refractivity contribution in [2.45, 2.75) is 71.4 Å². The van der Waals surface area contributed by atoms with E-state index in [4.69, 9.17) is 9.73 Å². The van der Waals surface area contributed by atoms with E-state index in [-0.39, 0.29) is 17.0 Å². The Hall–Kier alpha value is -3.59. The number of hydrogen-bond acceptors (Lipinski definition) is 3. The number of fused-ring (bicyclic) bond motifs is 7. The highest BCUT2D eigenvalue weighted by Crippen LogP contribution is 2.60. The largest absolute Gasteiger partial charge is 0.496 e. The van der Waals surface area contributed by atoms with Gasteiger partial charge in [0.25, 0.3) is 0 Å². The molecule has 3 unspecified atom stereocenters. The van der Waals surface area contributed by atoms with Crippen LogP contribution in [0.15, 0.2) is 77.8 Å². The lowest BCUT2D eigenvalue weighted by atomic mass is 9.57. The van der Waals surface area contributed by atoms with E-state index < -0.39 is 0 Å². The number of hydrogen-bond donors (Lipinski definition) is 0. The molecule has 38 heavy (non-hydrogen) atoms. The molecule has 0 aromatic heterocycles. The summed E-state index contributed by atoms with van der Waals surface area (Å²) in [5.41, 5.74) is 9.70. The summed E-state index contributed by atoms with van der Waals surface area (Å²) in [7, 11) is 1.79. The number of methoxy groups -OCH3 is 1. The summed E-state index contributed by atoms with van der Waals surface area (Å²) in [6, 6.07) is 26.4. The van der Waals surface area contributed by atoms with E-state index >= 15 is 0 Å². The van der Waals surface area contributed by atoms with Gasteiger partial charge < -0.3 is 9.64 Å². The number of ether oxygens (including phenoxy) is 1. The van der Waals surface area contributed by atoms with Gasteiger partial charge in [-0.2, -0.15) is 0 Å². The molecule has 0 amide bonds. The lowest BCUT2D eigenvalue weighted by molar-refractivity contribution is 0.199. The summed E-state index contributed by atoms with van der Waals surface area (Å²) >= 11 is 0. The number of benzene rings is 4. The predicted molar refractivity (Wildman–Crippen MR) is 161 cm³/mol. The van der Waals surface area contributed by atoms with Gasteiger partial charge in [0.05, 0.1) is 30.2 Å². The molecule has 2 aliphatic heterocycles. The van der Waals surface area contributed by atoms with Crippen LogP contribution >= 0.6 is 0 Å². The summed E-state index contributed by atoms with van der Waals surface area (Å²) in [6.07, 6.45) is 2.05. The van der Waals surface area contributed by atoms with Gasteiger partial charge in [-0.05, 0) is 79.5 Å². The zero-order chi connectivity index (χ0) is 26.8. The van der Waals surface area contributed by atoms with Gasteiger partial charge in [0.15, 0.2) is 0 Å². The molecule has 0 bridgehead atoms. The molecular formula is C35H38N2O. The molecule has 3 nitrogen and oxygen atoms in total. The van der Waals surface area contributed by atoms with E-state index in [1.807, 2.05) is 0 Å². The molecule has 3 atom stereocenters. The third-order valence-corrected chi connectivity index (χ3v) is 9.86. The number of anilines is 1. The molecule has 194 valence electrons. The van der Waals surface area contributed by atoms with Gasteiger partial charge in [0.1, 0.15) is 5.75 Å². The molecule has 4 aromatic rings. The normalized spacial score (nSPS) is 23.9. The Balaban J connectivity index is 1.82. The monoisotopic (exact) mass is 502 g/mol. The maximum atomic E-state index is 6.05. The summed E-state index contributed by atoms with van der Waals surface area (Å²) in [5, 5.41) is 2.48. The number of para-hydroxylation sites is 2. The summed E-state index contributed by atoms with van der Waals surface area (Å²) < 4.78 is 6.05. The van der Waals surface area contributed by atoms with E-state index in [1.165, 1.54) is 44.3 Å². The van der Waals surface area contributed by atoms with E-state index in [9.17, 15) is 0 Å². The van der Waals surface area contributed by atoms with Crippen molar-refractivity contribution in [2.24, 2.45) is 4.99 Å². The molecule has 3 heteroatoms. The van der Waals surface area contributed by atoms with Gasteiger partial charge in [-0.3, -0.25) is 0 Å². The summed E-state index contributed by atoms with van der Waals surface area (Å²) in [5.74, 6) is 0.928. The van der Waals surface area contributed by atoms with Gasteiger partial charge in [-0.25, -0.2) is 4.99 Å². The van der Waals surface area contributed by atoms with Crippen molar-refractivity contribution in [3.63, 3.8) is 0 Å². The molecule has 0 spiro atoms. The Labute approximate surface area is 227 Å². The Morgan fingerprint density at radius 2 is 1.50 bits per heavy atom. The van der Waals surface area contributed by atoms with Crippen LogP contribution in [0.4, 0.5) is 11.4 Å². The molecule has 0 N–H and O–H groups in total. The molecule has 2 heterocycles. The van der Waals surface area contributed by atoms with E-state index in [0.29, 0.717) is 0 Å². The van der Waals surface area contributed by atoms with Crippen LogP contribution in [-0.2, 0) is 5.41 Å². The van der Waals surface area contributed by atoms with Crippen LogP contribution in [0.2, 0.25) is 0 Å². The molecule has 2 aliphatic rings.